The molecule has 10 heteroatoms. The monoisotopic (exact) mass is 568 g/mol. The molecular formula is C21H37IN4O4S. The maximum absolute atomic E-state index is 12.5. The molecule has 1 aliphatic rings. The topological polar surface area (TPSA) is 83.5 Å². The van der Waals surface area contributed by atoms with Gasteiger partial charge in [-0.2, -0.15) is 4.31 Å². The van der Waals surface area contributed by atoms with Crippen LogP contribution in [0.15, 0.2) is 29.3 Å². The highest BCUT2D eigenvalue weighted by molar-refractivity contribution is 14.0. The minimum absolute atomic E-state index is 0. The van der Waals surface area contributed by atoms with Crippen molar-refractivity contribution in [3.63, 3.8) is 0 Å². The van der Waals surface area contributed by atoms with E-state index in [4.69, 9.17) is 9.47 Å². The Balaban J connectivity index is 0.00000480. The van der Waals surface area contributed by atoms with Gasteiger partial charge < -0.3 is 19.7 Å². The Kier molecular flexibility index (Phi) is 12.9. The van der Waals surface area contributed by atoms with Gasteiger partial charge in [-0.1, -0.05) is 24.3 Å². The molecule has 0 radical (unpaired) electrons. The molecule has 1 fully saturated rings. The number of nitrogens with one attached hydrogen (secondary N) is 1. The molecule has 1 saturated heterocycles. The predicted octanol–water partition coefficient (Wildman–Crippen LogP) is 2.29. The van der Waals surface area contributed by atoms with E-state index >= 15 is 0 Å². The summed E-state index contributed by atoms with van der Waals surface area (Å²) in [6.07, 6.45) is 0.0325. The van der Waals surface area contributed by atoms with Crippen LogP contribution in [0.4, 0.5) is 0 Å². The van der Waals surface area contributed by atoms with Gasteiger partial charge in [0.15, 0.2) is 5.96 Å². The molecule has 0 atom stereocenters. The van der Waals surface area contributed by atoms with E-state index in [0.717, 1.165) is 11.5 Å². The molecule has 0 bridgehead atoms. The Morgan fingerprint density at radius 1 is 1.16 bits per heavy atom. The number of benzene rings is 1. The number of sulfonamides is 1. The smallest absolute Gasteiger partial charge is 0.216 e. The van der Waals surface area contributed by atoms with Crippen LogP contribution in [0.3, 0.4) is 0 Å². The van der Waals surface area contributed by atoms with Crippen LogP contribution in [0.25, 0.3) is 0 Å². The maximum atomic E-state index is 12.5. The second-order valence-electron chi connectivity index (χ2n) is 7.43. The van der Waals surface area contributed by atoms with Gasteiger partial charge in [-0.05, 0) is 31.9 Å². The van der Waals surface area contributed by atoms with Gasteiger partial charge in [0, 0.05) is 46.4 Å². The van der Waals surface area contributed by atoms with Gasteiger partial charge in [-0.25, -0.2) is 8.42 Å². The van der Waals surface area contributed by atoms with Crippen molar-refractivity contribution in [1.29, 1.82) is 0 Å². The highest BCUT2D eigenvalue weighted by atomic mass is 127. The van der Waals surface area contributed by atoms with Gasteiger partial charge in [0.25, 0.3) is 0 Å². The molecule has 1 aliphatic heterocycles. The normalized spacial score (nSPS) is 15.8. The van der Waals surface area contributed by atoms with Crippen LogP contribution < -0.4 is 5.32 Å². The molecule has 0 amide bonds. The summed E-state index contributed by atoms with van der Waals surface area (Å²) in [5.74, 6) is 0.802. The molecule has 1 aromatic carbocycles. The zero-order chi connectivity index (χ0) is 22.0. The van der Waals surface area contributed by atoms with Crippen LogP contribution in [-0.2, 0) is 32.6 Å². The fourth-order valence-electron chi connectivity index (χ4n) is 3.29. The summed E-state index contributed by atoms with van der Waals surface area (Å²) in [6, 6.07) is 8.18. The van der Waals surface area contributed by atoms with Crippen molar-refractivity contribution in [3.8, 4) is 0 Å². The standard InChI is InChI=1S/C21H36N4O4S.HI/c1-5-28-17-20-9-7-6-8-19(20)16-23-21(22-4)24-10-12-25(13-11-24)30(26,27)15-14-29-18(2)3;/h6-9,18H,5,10-17H2,1-4H3,(H,22,23);1H. The zero-order valence-electron chi connectivity index (χ0n) is 19.0. The van der Waals surface area contributed by atoms with Crippen LogP contribution in [0.1, 0.15) is 31.9 Å². The number of rotatable bonds is 10. The second-order valence-corrected chi connectivity index (χ2v) is 9.52. The average Bonchev–Trinajstić information content (AvgIpc) is 2.73. The second kappa shape index (κ2) is 14.2. The van der Waals surface area contributed by atoms with Gasteiger partial charge in [-0.3, -0.25) is 4.99 Å². The minimum Gasteiger partial charge on any atom is -0.378 e. The Labute approximate surface area is 204 Å². The summed E-state index contributed by atoms with van der Waals surface area (Å²) in [7, 11) is -1.55. The molecule has 0 aliphatic carbocycles. The first-order valence-corrected chi connectivity index (χ1v) is 12.2. The number of guanidine groups is 1. The average molecular weight is 569 g/mol. The van der Waals surface area contributed by atoms with E-state index in [2.05, 4.69) is 27.3 Å². The molecule has 0 aromatic heterocycles. The highest BCUT2D eigenvalue weighted by Crippen LogP contribution is 2.12. The molecule has 0 unspecified atom stereocenters. The zero-order valence-corrected chi connectivity index (χ0v) is 22.2. The third-order valence-corrected chi connectivity index (χ3v) is 6.79. The summed E-state index contributed by atoms with van der Waals surface area (Å²) in [6.45, 7) is 10.0. The molecule has 0 saturated carbocycles. The Morgan fingerprint density at radius 2 is 1.81 bits per heavy atom. The van der Waals surface area contributed by atoms with E-state index < -0.39 is 10.0 Å². The van der Waals surface area contributed by atoms with Gasteiger partial charge in [-0.15, -0.1) is 24.0 Å². The molecular weight excluding hydrogens is 531 g/mol. The lowest BCUT2D eigenvalue weighted by atomic mass is 10.1. The van der Waals surface area contributed by atoms with Crippen LogP contribution in [0, 0.1) is 0 Å². The first-order chi connectivity index (χ1) is 14.4. The number of hydrogen-bond donors (Lipinski definition) is 1. The lowest BCUT2D eigenvalue weighted by Gasteiger charge is -2.36. The fraction of sp³-hybridized carbons (Fsp3) is 0.667. The Hall–Kier alpha value is -0.950. The lowest BCUT2D eigenvalue weighted by Crippen LogP contribution is -2.54. The van der Waals surface area contributed by atoms with E-state index in [1.165, 1.54) is 5.56 Å². The van der Waals surface area contributed by atoms with Crippen molar-refractivity contribution < 1.29 is 17.9 Å². The molecule has 8 nitrogen and oxygen atoms in total. The predicted molar refractivity (Wildman–Crippen MR) is 135 cm³/mol. The fourth-order valence-corrected chi connectivity index (χ4v) is 4.57. The third kappa shape index (κ3) is 9.21. The van der Waals surface area contributed by atoms with Crippen molar-refractivity contribution in [2.45, 2.75) is 40.0 Å². The molecule has 178 valence electrons. The molecule has 1 heterocycles. The summed E-state index contributed by atoms with van der Waals surface area (Å²) >= 11 is 0. The number of hydrogen-bond acceptors (Lipinski definition) is 5. The van der Waals surface area contributed by atoms with Crippen molar-refractivity contribution in [3.05, 3.63) is 35.4 Å². The van der Waals surface area contributed by atoms with Crippen LogP contribution in [0.2, 0.25) is 0 Å². The largest absolute Gasteiger partial charge is 0.378 e. The van der Waals surface area contributed by atoms with Crippen molar-refractivity contribution >= 4 is 40.0 Å². The number of halogens is 1. The van der Waals surface area contributed by atoms with Crippen molar-refractivity contribution in [2.24, 2.45) is 4.99 Å². The minimum atomic E-state index is -3.30. The number of piperazine rings is 1. The Morgan fingerprint density at radius 3 is 2.39 bits per heavy atom. The van der Waals surface area contributed by atoms with Crippen molar-refractivity contribution in [2.75, 3.05) is 52.2 Å². The molecule has 1 aromatic rings. The van der Waals surface area contributed by atoms with Crippen LogP contribution >= 0.6 is 24.0 Å². The SMILES string of the molecule is CCOCc1ccccc1CNC(=NC)N1CCN(S(=O)(=O)CCOC(C)C)CC1.I. The maximum Gasteiger partial charge on any atom is 0.216 e. The van der Waals surface area contributed by atoms with Gasteiger partial charge in [0.2, 0.25) is 10.0 Å². The first-order valence-electron chi connectivity index (χ1n) is 10.6. The third-order valence-electron chi connectivity index (χ3n) is 4.95. The van der Waals surface area contributed by atoms with Crippen molar-refractivity contribution in [1.82, 2.24) is 14.5 Å². The lowest BCUT2D eigenvalue weighted by molar-refractivity contribution is 0.0904. The molecule has 1 N–H and O–H groups in total. The first kappa shape index (κ1) is 28.1. The molecule has 0 spiro atoms. The Bertz CT molecular complexity index is 781. The van der Waals surface area contributed by atoms with Crippen LogP contribution in [-0.4, -0.2) is 81.9 Å². The van der Waals surface area contributed by atoms with Gasteiger partial charge >= 0.3 is 0 Å². The van der Waals surface area contributed by atoms with Gasteiger partial charge in [0.05, 0.1) is 25.1 Å². The van der Waals surface area contributed by atoms with Gasteiger partial charge in [0.1, 0.15) is 0 Å². The van der Waals surface area contributed by atoms with Crippen LogP contribution in [0.5, 0.6) is 0 Å². The number of ether oxygens (including phenoxy) is 2. The summed E-state index contributed by atoms with van der Waals surface area (Å²) in [5.41, 5.74) is 2.32. The number of aliphatic imine (C=N–C) groups is 1. The summed E-state index contributed by atoms with van der Waals surface area (Å²) < 4.78 is 37.5. The highest BCUT2D eigenvalue weighted by Gasteiger charge is 2.28. The van der Waals surface area contributed by atoms with E-state index in [0.29, 0.717) is 45.9 Å². The quantitative estimate of drug-likeness (QED) is 0.265. The van der Waals surface area contributed by atoms with E-state index in [1.807, 2.05) is 32.9 Å². The summed E-state index contributed by atoms with van der Waals surface area (Å²) in [4.78, 5) is 6.49. The molecule has 31 heavy (non-hydrogen) atoms. The van der Waals surface area contributed by atoms with E-state index in [-0.39, 0.29) is 42.4 Å². The molecule has 2 rings (SSSR count). The number of nitrogens with zero attached hydrogens (tertiary/aromatic N) is 3. The van der Waals surface area contributed by atoms with E-state index in [1.54, 1.807) is 11.4 Å². The van der Waals surface area contributed by atoms with E-state index in [9.17, 15) is 8.42 Å². The summed E-state index contributed by atoms with van der Waals surface area (Å²) in [5, 5.41) is 3.40.